The molecular formula is C15H22N2O3. The van der Waals surface area contributed by atoms with Crippen molar-refractivity contribution >= 4 is 17.7 Å². The van der Waals surface area contributed by atoms with Crippen molar-refractivity contribution in [2.24, 2.45) is 0 Å². The molecule has 0 unspecified atom stereocenters. The molecule has 110 valence electrons. The summed E-state index contributed by atoms with van der Waals surface area (Å²) in [6.45, 7) is 6.35. The second-order valence-corrected chi connectivity index (χ2v) is 5.12. The Morgan fingerprint density at radius 1 is 1.20 bits per heavy atom. The second kappa shape index (κ2) is 6.93. The number of hydrogen-bond donors (Lipinski definition) is 2. The molecule has 0 heterocycles. The van der Waals surface area contributed by atoms with Crippen molar-refractivity contribution in [2.75, 3.05) is 18.9 Å². The lowest BCUT2D eigenvalue weighted by molar-refractivity contribution is -0.137. The fourth-order valence-electron chi connectivity index (χ4n) is 2.15. The van der Waals surface area contributed by atoms with Gasteiger partial charge >= 0.3 is 12.0 Å². The number of carbonyl (C=O) groups excluding carboxylic acids is 1. The summed E-state index contributed by atoms with van der Waals surface area (Å²) >= 11 is 0. The van der Waals surface area contributed by atoms with Gasteiger partial charge in [0.05, 0.1) is 0 Å². The average molecular weight is 278 g/mol. The summed E-state index contributed by atoms with van der Waals surface area (Å²) < 4.78 is 0. The molecule has 0 radical (unpaired) electrons. The lowest BCUT2D eigenvalue weighted by atomic mass is 10.1. The fraction of sp³-hybridized carbons (Fsp3) is 0.467. The van der Waals surface area contributed by atoms with Gasteiger partial charge in [0.25, 0.3) is 0 Å². The first-order valence-electron chi connectivity index (χ1n) is 6.63. The third kappa shape index (κ3) is 4.57. The highest BCUT2D eigenvalue weighted by Gasteiger charge is 2.12. The SMILES string of the molecule is Cc1cc(C)c(NC(=O)N(C)CCCC(=O)O)c(C)c1. The Hall–Kier alpha value is -2.04. The maximum Gasteiger partial charge on any atom is 0.321 e. The van der Waals surface area contributed by atoms with Crippen LogP contribution in [0.5, 0.6) is 0 Å². The lowest BCUT2D eigenvalue weighted by Crippen LogP contribution is -2.32. The summed E-state index contributed by atoms with van der Waals surface area (Å²) in [6, 6.07) is 3.82. The van der Waals surface area contributed by atoms with Crippen molar-refractivity contribution in [1.29, 1.82) is 0 Å². The van der Waals surface area contributed by atoms with E-state index < -0.39 is 5.97 Å². The zero-order valence-corrected chi connectivity index (χ0v) is 12.5. The van der Waals surface area contributed by atoms with Crippen LogP contribution in [0.2, 0.25) is 0 Å². The van der Waals surface area contributed by atoms with Crippen LogP contribution in [0.1, 0.15) is 29.5 Å². The van der Waals surface area contributed by atoms with Crippen molar-refractivity contribution in [1.82, 2.24) is 4.90 Å². The zero-order chi connectivity index (χ0) is 15.3. The van der Waals surface area contributed by atoms with Crippen LogP contribution >= 0.6 is 0 Å². The van der Waals surface area contributed by atoms with Gasteiger partial charge in [-0.3, -0.25) is 4.79 Å². The predicted octanol–water partition coefficient (Wildman–Crippen LogP) is 2.94. The van der Waals surface area contributed by atoms with E-state index >= 15 is 0 Å². The number of anilines is 1. The van der Waals surface area contributed by atoms with Gasteiger partial charge in [-0.25, -0.2) is 4.79 Å². The van der Waals surface area contributed by atoms with Crippen molar-refractivity contribution in [3.63, 3.8) is 0 Å². The highest BCUT2D eigenvalue weighted by atomic mass is 16.4. The maximum atomic E-state index is 12.0. The molecule has 1 aromatic rings. The predicted molar refractivity (Wildman–Crippen MR) is 79.2 cm³/mol. The third-order valence-electron chi connectivity index (χ3n) is 3.14. The monoisotopic (exact) mass is 278 g/mol. The molecule has 0 aliphatic rings. The second-order valence-electron chi connectivity index (χ2n) is 5.12. The largest absolute Gasteiger partial charge is 0.481 e. The molecule has 0 aromatic heterocycles. The first kappa shape index (κ1) is 16.0. The van der Waals surface area contributed by atoms with Gasteiger partial charge in [0.1, 0.15) is 0 Å². The van der Waals surface area contributed by atoms with Gasteiger partial charge in [-0.15, -0.1) is 0 Å². The Kier molecular flexibility index (Phi) is 5.55. The molecule has 0 atom stereocenters. The average Bonchev–Trinajstić information content (AvgIpc) is 2.32. The molecule has 0 aliphatic heterocycles. The number of aryl methyl sites for hydroxylation is 3. The van der Waals surface area contributed by atoms with E-state index in [-0.39, 0.29) is 12.5 Å². The molecule has 2 N–H and O–H groups in total. The highest BCUT2D eigenvalue weighted by molar-refractivity contribution is 5.91. The van der Waals surface area contributed by atoms with Crippen LogP contribution in [0.25, 0.3) is 0 Å². The van der Waals surface area contributed by atoms with Gasteiger partial charge in [0.15, 0.2) is 0 Å². The van der Waals surface area contributed by atoms with Gasteiger partial charge in [0.2, 0.25) is 0 Å². The van der Waals surface area contributed by atoms with Gasteiger partial charge in [0, 0.05) is 25.7 Å². The molecule has 1 rings (SSSR count). The number of aliphatic carboxylic acids is 1. The summed E-state index contributed by atoms with van der Waals surface area (Å²) in [5, 5.41) is 11.5. The number of carboxylic acids is 1. The van der Waals surface area contributed by atoms with E-state index in [1.807, 2.05) is 32.9 Å². The fourth-order valence-corrected chi connectivity index (χ4v) is 2.15. The van der Waals surface area contributed by atoms with E-state index in [1.165, 1.54) is 4.90 Å². The lowest BCUT2D eigenvalue weighted by Gasteiger charge is -2.20. The first-order chi connectivity index (χ1) is 9.31. The number of carboxylic acid groups (broad SMARTS) is 1. The topological polar surface area (TPSA) is 69.6 Å². The van der Waals surface area contributed by atoms with Gasteiger partial charge in [-0.1, -0.05) is 17.7 Å². The van der Waals surface area contributed by atoms with Gasteiger partial charge in [-0.05, 0) is 38.3 Å². The number of urea groups is 1. The molecule has 0 aliphatic carbocycles. The molecule has 2 amide bonds. The Labute approximate surface area is 119 Å². The minimum absolute atomic E-state index is 0.0697. The number of carbonyl (C=O) groups is 2. The Morgan fingerprint density at radius 3 is 2.25 bits per heavy atom. The molecule has 0 saturated heterocycles. The first-order valence-corrected chi connectivity index (χ1v) is 6.63. The van der Waals surface area contributed by atoms with Crippen LogP contribution in [0.15, 0.2) is 12.1 Å². The summed E-state index contributed by atoms with van der Waals surface area (Å²) in [5.74, 6) is -0.843. The molecule has 0 fully saturated rings. The van der Waals surface area contributed by atoms with E-state index in [4.69, 9.17) is 5.11 Å². The molecule has 0 bridgehead atoms. The number of hydrogen-bond acceptors (Lipinski definition) is 2. The van der Waals surface area contributed by atoms with Crippen molar-refractivity contribution in [2.45, 2.75) is 33.6 Å². The van der Waals surface area contributed by atoms with Crippen LogP contribution in [0.3, 0.4) is 0 Å². The van der Waals surface area contributed by atoms with Crippen LogP contribution in [-0.2, 0) is 4.79 Å². The van der Waals surface area contributed by atoms with Crippen LogP contribution in [0.4, 0.5) is 10.5 Å². The number of nitrogens with one attached hydrogen (secondary N) is 1. The normalized spacial score (nSPS) is 10.2. The third-order valence-corrected chi connectivity index (χ3v) is 3.14. The number of amides is 2. The summed E-state index contributed by atoms with van der Waals surface area (Å²) in [6.07, 6.45) is 0.519. The molecule has 0 saturated carbocycles. The van der Waals surface area contributed by atoms with E-state index in [0.29, 0.717) is 13.0 Å². The molecule has 1 aromatic carbocycles. The quantitative estimate of drug-likeness (QED) is 0.870. The van der Waals surface area contributed by atoms with E-state index in [0.717, 1.165) is 22.4 Å². The molecule has 5 nitrogen and oxygen atoms in total. The smallest absolute Gasteiger partial charge is 0.321 e. The summed E-state index contributed by atoms with van der Waals surface area (Å²) in [5.41, 5.74) is 4.03. The standard InChI is InChI=1S/C15H22N2O3/c1-10-8-11(2)14(12(3)9-10)16-15(20)17(4)7-5-6-13(18)19/h8-9H,5-7H2,1-4H3,(H,16,20)(H,18,19). The molecule has 5 heteroatoms. The molecule has 20 heavy (non-hydrogen) atoms. The number of benzene rings is 1. The van der Waals surface area contributed by atoms with Crippen molar-refractivity contribution in [3.05, 3.63) is 28.8 Å². The van der Waals surface area contributed by atoms with Gasteiger partial charge in [-0.2, -0.15) is 0 Å². The van der Waals surface area contributed by atoms with Crippen LogP contribution in [-0.4, -0.2) is 35.6 Å². The zero-order valence-electron chi connectivity index (χ0n) is 12.5. The summed E-state index contributed by atoms with van der Waals surface area (Å²) in [4.78, 5) is 24.0. The van der Waals surface area contributed by atoms with Crippen molar-refractivity contribution < 1.29 is 14.7 Å². The van der Waals surface area contributed by atoms with Crippen LogP contribution < -0.4 is 5.32 Å². The molecular weight excluding hydrogens is 256 g/mol. The Balaban J connectivity index is 2.64. The highest BCUT2D eigenvalue weighted by Crippen LogP contribution is 2.22. The maximum absolute atomic E-state index is 12.0. The Bertz CT molecular complexity index is 489. The van der Waals surface area contributed by atoms with Crippen molar-refractivity contribution in [3.8, 4) is 0 Å². The Morgan fingerprint density at radius 2 is 1.75 bits per heavy atom. The number of nitrogens with zero attached hydrogens (tertiary/aromatic N) is 1. The minimum atomic E-state index is -0.843. The number of rotatable bonds is 5. The van der Waals surface area contributed by atoms with E-state index in [1.54, 1.807) is 7.05 Å². The minimum Gasteiger partial charge on any atom is -0.481 e. The van der Waals surface area contributed by atoms with E-state index in [9.17, 15) is 9.59 Å². The van der Waals surface area contributed by atoms with Gasteiger partial charge < -0.3 is 15.3 Å². The molecule has 0 spiro atoms. The van der Waals surface area contributed by atoms with Crippen LogP contribution in [0, 0.1) is 20.8 Å². The van der Waals surface area contributed by atoms with E-state index in [2.05, 4.69) is 5.32 Å². The summed E-state index contributed by atoms with van der Waals surface area (Å²) in [7, 11) is 1.66.